The Morgan fingerprint density at radius 1 is 1.35 bits per heavy atom. The molecule has 122 valence electrons. The van der Waals surface area contributed by atoms with Gasteiger partial charge in [0.2, 0.25) is 0 Å². The molecule has 3 heterocycles. The summed E-state index contributed by atoms with van der Waals surface area (Å²) in [7, 11) is 1.85. The number of hydrogen-bond acceptors (Lipinski definition) is 5. The summed E-state index contributed by atoms with van der Waals surface area (Å²) in [5.41, 5.74) is 0.791. The number of carbonyl (C=O) groups is 1. The Hall–Kier alpha value is -2.38. The van der Waals surface area contributed by atoms with E-state index in [2.05, 4.69) is 25.7 Å². The average Bonchev–Trinajstić information content (AvgIpc) is 3.28. The van der Waals surface area contributed by atoms with Crippen molar-refractivity contribution in [3.63, 3.8) is 0 Å². The molecule has 8 nitrogen and oxygen atoms in total. The van der Waals surface area contributed by atoms with Crippen LogP contribution < -0.4 is 10.6 Å². The first-order valence-corrected chi connectivity index (χ1v) is 8.13. The van der Waals surface area contributed by atoms with E-state index in [0.717, 1.165) is 35.7 Å². The summed E-state index contributed by atoms with van der Waals surface area (Å²) in [6.45, 7) is 2.11. The molecule has 2 aromatic rings. The lowest BCUT2D eigenvalue weighted by molar-refractivity contribution is 0.181. The number of urea groups is 1. The highest BCUT2D eigenvalue weighted by atomic mass is 16.2. The zero-order valence-electron chi connectivity index (χ0n) is 13.2. The van der Waals surface area contributed by atoms with Crippen molar-refractivity contribution in [3.8, 4) is 0 Å². The van der Waals surface area contributed by atoms with E-state index in [0.29, 0.717) is 19.1 Å². The van der Waals surface area contributed by atoms with Gasteiger partial charge >= 0.3 is 6.03 Å². The number of likely N-dealkylation sites (tertiary alicyclic amines) is 1. The third-order valence-corrected chi connectivity index (χ3v) is 4.89. The first-order chi connectivity index (χ1) is 11.2. The van der Waals surface area contributed by atoms with Crippen LogP contribution in [0.4, 0.5) is 10.6 Å². The van der Waals surface area contributed by atoms with Gasteiger partial charge in [0, 0.05) is 32.7 Å². The number of nitrogens with zero attached hydrogens (tertiary/aromatic N) is 5. The van der Waals surface area contributed by atoms with Crippen LogP contribution in [0.25, 0.3) is 11.0 Å². The smallest absolute Gasteiger partial charge is 0.317 e. The number of carbonyl (C=O) groups excluding carboxylic acids is 1. The summed E-state index contributed by atoms with van der Waals surface area (Å²) < 4.78 is 1.71. The van der Waals surface area contributed by atoms with Crippen molar-refractivity contribution in [1.82, 2.24) is 30.0 Å². The van der Waals surface area contributed by atoms with Crippen LogP contribution in [0.5, 0.6) is 0 Å². The van der Waals surface area contributed by atoms with Gasteiger partial charge < -0.3 is 15.5 Å². The van der Waals surface area contributed by atoms with Gasteiger partial charge in [0.1, 0.15) is 12.1 Å². The van der Waals surface area contributed by atoms with Crippen molar-refractivity contribution >= 4 is 22.9 Å². The van der Waals surface area contributed by atoms with E-state index in [-0.39, 0.29) is 6.03 Å². The van der Waals surface area contributed by atoms with Gasteiger partial charge in [-0.05, 0) is 25.2 Å². The maximum atomic E-state index is 12.2. The van der Waals surface area contributed by atoms with Crippen LogP contribution in [-0.2, 0) is 7.05 Å². The van der Waals surface area contributed by atoms with Crippen LogP contribution in [0.2, 0.25) is 0 Å². The van der Waals surface area contributed by atoms with Gasteiger partial charge in [-0.2, -0.15) is 5.10 Å². The Kier molecular flexibility index (Phi) is 3.51. The molecule has 23 heavy (non-hydrogen) atoms. The maximum Gasteiger partial charge on any atom is 0.317 e. The molecular formula is C15H21N7O. The Morgan fingerprint density at radius 3 is 3.04 bits per heavy atom. The molecule has 8 heteroatoms. The number of aromatic nitrogens is 4. The van der Waals surface area contributed by atoms with Crippen LogP contribution in [0.1, 0.15) is 19.3 Å². The lowest BCUT2D eigenvalue weighted by atomic mass is 10.1. The number of fused-ring (bicyclic) bond motifs is 3. The molecule has 0 aromatic carbocycles. The van der Waals surface area contributed by atoms with Crippen molar-refractivity contribution in [1.29, 1.82) is 0 Å². The van der Waals surface area contributed by atoms with Crippen molar-refractivity contribution in [3.05, 3.63) is 12.5 Å². The summed E-state index contributed by atoms with van der Waals surface area (Å²) in [4.78, 5) is 22.7. The Balaban J connectivity index is 1.29. The third-order valence-electron chi connectivity index (χ3n) is 4.89. The predicted octanol–water partition coefficient (Wildman–Crippen LogP) is 0.969. The number of nitrogens with one attached hydrogen (secondary N) is 2. The number of rotatable bonds is 4. The van der Waals surface area contributed by atoms with Gasteiger partial charge in [0.05, 0.1) is 11.6 Å². The fourth-order valence-corrected chi connectivity index (χ4v) is 3.73. The highest BCUT2D eigenvalue weighted by molar-refractivity contribution is 5.86. The van der Waals surface area contributed by atoms with Crippen molar-refractivity contribution < 1.29 is 4.79 Å². The van der Waals surface area contributed by atoms with Crippen LogP contribution in [-0.4, -0.2) is 56.4 Å². The molecule has 4 rings (SSSR count). The Labute approximate surface area is 134 Å². The van der Waals surface area contributed by atoms with E-state index in [1.54, 1.807) is 10.9 Å². The summed E-state index contributed by atoms with van der Waals surface area (Å²) in [5.74, 6) is 1.47. The van der Waals surface area contributed by atoms with Gasteiger partial charge in [-0.3, -0.25) is 4.68 Å². The fourth-order valence-electron chi connectivity index (χ4n) is 3.73. The number of amides is 2. The zero-order valence-corrected chi connectivity index (χ0v) is 13.2. The predicted molar refractivity (Wildman–Crippen MR) is 86.0 cm³/mol. The van der Waals surface area contributed by atoms with Crippen LogP contribution >= 0.6 is 0 Å². The highest BCUT2D eigenvalue weighted by Gasteiger charge is 2.40. The number of hydrogen-bond donors (Lipinski definition) is 2. The van der Waals surface area contributed by atoms with Crippen molar-refractivity contribution in [2.45, 2.75) is 25.3 Å². The number of aryl methyl sites for hydroxylation is 1. The normalized spacial score (nSPS) is 22.7. The quantitative estimate of drug-likeness (QED) is 0.821. The molecule has 2 fully saturated rings. The maximum absolute atomic E-state index is 12.2. The van der Waals surface area contributed by atoms with Gasteiger partial charge in [0.15, 0.2) is 5.65 Å². The highest BCUT2D eigenvalue weighted by Crippen LogP contribution is 2.37. The second kappa shape index (κ2) is 5.68. The van der Waals surface area contributed by atoms with E-state index in [4.69, 9.17) is 0 Å². The molecule has 2 aliphatic rings. The van der Waals surface area contributed by atoms with E-state index < -0.39 is 0 Å². The largest absolute Gasteiger partial charge is 0.368 e. The van der Waals surface area contributed by atoms with Crippen LogP contribution in [0.3, 0.4) is 0 Å². The molecule has 2 bridgehead atoms. The minimum atomic E-state index is 0.0632. The topological polar surface area (TPSA) is 88.0 Å². The van der Waals surface area contributed by atoms with E-state index in [1.165, 1.54) is 19.2 Å². The van der Waals surface area contributed by atoms with E-state index in [1.807, 2.05) is 11.9 Å². The molecule has 0 radical (unpaired) electrons. The third kappa shape index (κ3) is 2.58. The fraction of sp³-hybridized carbons (Fsp3) is 0.600. The van der Waals surface area contributed by atoms with Gasteiger partial charge in [-0.25, -0.2) is 14.8 Å². The van der Waals surface area contributed by atoms with Crippen LogP contribution in [0.15, 0.2) is 12.5 Å². The molecule has 2 amide bonds. The minimum Gasteiger partial charge on any atom is -0.368 e. The summed E-state index contributed by atoms with van der Waals surface area (Å²) in [6.07, 6.45) is 6.90. The monoisotopic (exact) mass is 315 g/mol. The van der Waals surface area contributed by atoms with E-state index in [9.17, 15) is 4.79 Å². The zero-order chi connectivity index (χ0) is 15.8. The summed E-state index contributed by atoms with van der Waals surface area (Å²) in [5, 5.41) is 11.3. The molecule has 2 unspecified atom stereocenters. The van der Waals surface area contributed by atoms with E-state index >= 15 is 0 Å². The molecule has 1 aliphatic heterocycles. The van der Waals surface area contributed by atoms with Crippen molar-refractivity contribution in [2.24, 2.45) is 13.0 Å². The molecule has 1 saturated heterocycles. The molecule has 2 atom stereocenters. The minimum absolute atomic E-state index is 0.0632. The first kappa shape index (κ1) is 14.2. The molecule has 0 spiro atoms. The lowest BCUT2D eigenvalue weighted by Crippen LogP contribution is -2.45. The van der Waals surface area contributed by atoms with Gasteiger partial charge in [0.25, 0.3) is 0 Å². The average molecular weight is 315 g/mol. The second-order valence-corrected chi connectivity index (χ2v) is 6.37. The molecule has 2 N–H and O–H groups in total. The van der Waals surface area contributed by atoms with Crippen LogP contribution in [0, 0.1) is 5.92 Å². The molecule has 1 aliphatic carbocycles. The van der Waals surface area contributed by atoms with Crippen molar-refractivity contribution in [2.75, 3.05) is 25.0 Å². The number of piperidine rings is 1. The standard InChI is InChI=1S/C15H21N7O/c1-21-14-12(7-20-21)13(18-9-19-14)16-4-5-17-15(23)22-8-10-2-3-11(22)6-10/h7,9-11H,2-6,8H2,1H3,(H,17,23)(H,16,18,19). The molecule has 2 aromatic heterocycles. The summed E-state index contributed by atoms with van der Waals surface area (Å²) >= 11 is 0. The van der Waals surface area contributed by atoms with Gasteiger partial charge in [-0.1, -0.05) is 0 Å². The first-order valence-electron chi connectivity index (χ1n) is 8.13. The lowest BCUT2D eigenvalue weighted by Gasteiger charge is -2.27. The SMILES string of the molecule is Cn1ncc2c(NCCNC(=O)N3CC4CCC3C4)ncnc21. The van der Waals surface area contributed by atoms with Gasteiger partial charge in [-0.15, -0.1) is 0 Å². The Bertz CT molecular complexity index is 728. The number of anilines is 1. The Morgan fingerprint density at radius 2 is 2.26 bits per heavy atom. The second-order valence-electron chi connectivity index (χ2n) is 6.37. The summed E-state index contributed by atoms with van der Waals surface area (Å²) in [6, 6.07) is 0.526. The molecule has 1 saturated carbocycles. The molecular weight excluding hydrogens is 294 g/mol.